The summed E-state index contributed by atoms with van der Waals surface area (Å²) in [5.74, 6) is 1.54. The van der Waals surface area contributed by atoms with Gasteiger partial charge in [-0.25, -0.2) is 0 Å². The summed E-state index contributed by atoms with van der Waals surface area (Å²) in [4.78, 5) is 17.1. The molecule has 0 saturated heterocycles. The van der Waals surface area contributed by atoms with E-state index in [0.29, 0.717) is 29.8 Å². The van der Waals surface area contributed by atoms with Gasteiger partial charge in [0, 0.05) is 6.04 Å². The molecule has 0 unspecified atom stereocenters. The van der Waals surface area contributed by atoms with Gasteiger partial charge in [-0.05, 0) is 25.0 Å². The minimum atomic E-state index is 0.0624. The Balaban J connectivity index is 1.70. The predicted molar refractivity (Wildman–Crippen MR) is 78.6 cm³/mol. The molecule has 1 aliphatic heterocycles. The fraction of sp³-hybridized carbons (Fsp3) is 0.500. The third kappa shape index (κ3) is 2.55. The number of methoxy groups -OCH3 is 1. The van der Waals surface area contributed by atoms with E-state index in [1.54, 1.807) is 7.11 Å². The monoisotopic (exact) mass is 272 g/mol. The molecule has 0 radical (unpaired) electrons. The van der Waals surface area contributed by atoms with Crippen LogP contribution in [0.2, 0.25) is 0 Å². The summed E-state index contributed by atoms with van der Waals surface area (Å²) >= 11 is 0. The van der Waals surface area contributed by atoms with Crippen LogP contribution in [0, 0.1) is 0 Å². The SMILES string of the molecule is COc1ccccc1C(=O)CC1=N[C@@H]2CCCC[C@@H]2N1. The van der Waals surface area contributed by atoms with Crippen molar-refractivity contribution in [1.29, 1.82) is 0 Å². The van der Waals surface area contributed by atoms with Crippen LogP contribution in [-0.2, 0) is 0 Å². The van der Waals surface area contributed by atoms with Crippen LogP contribution in [-0.4, -0.2) is 30.8 Å². The second-order valence-corrected chi connectivity index (χ2v) is 5.48. The predicted octanol–water partition coefficient (Wildman–Crippen LogP) is 2.58. The number of rotatable bonds is 4. The van der Waals surface area contributed by atoms with E-state index in [1.807, 2.05) is 24.3 Å². The molecule has 3 rings (SSSR count). The Bertz CT molecular complexity index is 539. The van der Waals surface area contributed by atoms with Crippen LogP contribution >= 0.6 is 0 Å². The third-order valence-electron chi connectivity index (χ3n) is 4.14. The maximum absolute atomic E-state index is 12.4. The highest BCUT2D eigenvalue weighted by atomic mass is 16.5. The molecule has 2 aliphatic rings. The van der Waals surface area contributed by atoms with E-state index in [9.17, 15) is 4.79 Å². The van der Waals surface area contributed by atoms with Gasteiger partial charge in [0.15, 0.2) is 5.78 Å². The van der Waals surface area contributed by atoms with Crippen molar-refractivity contribution in [3.8, 4) is 5.75 Å². The zero-order valence-electron chi connectivity index (χ0n) is 11.8. The second-order valence-electron chi connectivity index (χ2n) is 5.48. The number of ether oxygens (including phenoxy) is 1. The molecule has 1 aliphatic carbocycles. The highest BCUT2D eigenvalue weighted by Gasteiger charge is 2.31. The Morgan fingerprint density at radius 3 is 2.95 bits per heavy atom. The van der Waals surface area contributed by atoms with E-state index in [4.69, 9.17) is 4.74 Å². The van der Waals surface area contributed by atoms with Crippen molar-refractivity contribution in [1.82, 2.24) is 5.32 Å². The number of carbonyl (C=O) groups excluding carboxylic acids is 1. The molecule has 0 bridgehead atoms. The Kier molecular flexibility index (Phi) is 3.72. The van der Waals surface area contributed by atoms with E-state index >= 15 is 0 Å². The molecule has 0 aromatic heterocycles. The minimum absolute atomic E-state index is 0.0624. The van der Waals surface area contributed by atoms with E-state index in [0.717, 1.165) is 12.3 Å². The molecule has 1 aromatic rings. The highest BCUT2D eigenvalue weighted by Crippen LogP contribution is 2.26. The molecule has 1 N–H and O–H groups in total. The number of benzene rings is 1. The lowest BCUT2D eigenvalue weighted by molar-refractivity contribution is 0.0997. The van der Waals surface area contributed by atoms with E-state index in [1.165, 1.54) is 19.3 Å². The molecule has 4 heteroatoms. The number of nitrogens with zero attached hydrogens (tertiary/aromatic N) is 1. The smallest absolute Gasteiger partial charge is 0.174 e. The number of hydrogen-bond donors (Lipinski definition) is 1. The molecule has 1 fully saturated rings. The van der Waals surface area contributed by atoms with Gasteiger partial charge in [0.05, 0.1) is 25.1 Å². The summed E-state index contributed by atoms with van der Waals surface area (Å²) < 4.78 is 5.24. The second kappa shape index (κ2) is 5.65. The largest absolute Gasteiger partial charge is 0.496 e. The molecular formula is C16H20N2O2. The molecule has 4 nitrogen and oxygen atoms in total. The summed E-state index contributed by atoms with van der Waals surface area (Å²) in [6.07, 6.45) is 5.16. The van der Waals surface area contributed by atoms with Gasteiger partial charge in [0.1, 0.15) is 11.6 Å². The lowest BCUT2D eigenvalue weighted by Crippen LogP contribution is -2.37. The van der Waals surface area contributed by atoms with E-state index in [-0.39, 0.29) is 5.78 Å². The summed E-state index contributed by atoms with van der Waals surface area (Å²) in [6.45, 7) is 0. The first-order valence-electron chi connectivity index (χ1n) is 7.27. The number of amidine groups is 1. The maximum Gasteiger partial charge on any atom is 0.174 e. The molecular weight excluding hydrogens is 252 g/mol. The molecule has 1 aromatic carbocycles. The quantitative estimate of drug-likeness (QED) is 0.857. The summed E-state index contributed by atoms with van der Waals surface area (Å²) in [7, 11) is 1.59. The van der Waals surface area contributed by atoms with E-state index in [2.05, 4.69) is 10.3 Å². The average molecular weight is 272 g/mol. The van der Waals surface area contributed by atoms with Gasteiger partial charge in [0.25, 0.3) is 0 Å². The Hall–Kier alpha value is -1.84. The first-order valence-corrected chi connectivity index (χ1v) is 7.27. The van der Waals surface area contributed by atoms with Crippen molar-refractivity contribution in [2.45, 2.75) is 44.2 Å². The van der Waals surface area contributed by atoms with Crippen LogP contribution in [0.25, 0.3) is 0 Å². The molecule has 106 valence electrons. The molecule has 20 heavy (non-hydrogen) atoms. The van der Waals surface area contributed by atoms with Crippen molar-refractivity contribution < 1.29 is 9.53 Å². The number of carbonyl (C=O) groups is 1. The lowest BCUT2D eigenvalue weighted by atomic mass is 9.92. The number of Topliss-reactive ketones (excluding diaryl/α,β-unsaturated/α-hetero) is 1. The van der Waals surface area contributed by atoms with Crippen LogP contribution in [0.3, 0.4) is 0 Å². The van der Waals surface area contributed by atoms with Gasteiger partial charge >= 0.3 is 0 Å². The van der Waals surface area contributed by atoms with Crippen LogP contribution < -0.4 is 10.1 Å². The van der Waals surface area contributed by atoms with Crippen molar-refractivity contribution >= 4 is 11.6 Å². The van der Waals surface area contributed by atoms with Gasteiger partial charge in [0.2, 0.25) is 0 Å². The number of nitrogens with one attached hydrogen (secondary N) is 1. The van der Waals surface area contributed by atoms with Crippen molar-refractivity contribution in [3.63, 3.8) is 0 Å². The van der Waals surface area contributed by atoms with E-state index < -0.39 is 0 Å². The summed E-state index contributed by atoms with van der Waals surface area (Å²) in [5.41, 5.74) is 0.634. The van der Waals surface area contributed by atoms with Gasteiger partial charge in [-0.1, -0.05) is 25.0 Å². The van der Waals surface area contributed by atoms with Crippen LogP contribution in [0.1, 0.15) is 42.5 Å². The standard InChI is InChI=1S/C16H20N2O2/c1-20-15-9-5-2-6-11(15)14(19)10-16-17-12-7-3-4-8-13(12)18-16/h2,5-6,9,12-13H,3-4,7-8,10H2,1H3,(H,17,18)/t12-,13+. The summed E-state index contributed by atoms with van der Waals surface area (Å²) in [6, 6.07) is 8.18. The first kappa shape index (κ1) is 13.2. The number of para-hydroxylation sites is 1. The average Bonchev–Trinajstić information content (AvgIpc) is 2.89. The Morgan fingerprint density at radius 1 is 1.35 bits per heavy atom. The maximum atomic E-state index is 12.4. The highest BCUT2D eigenvalue weighted by molar-refractivity contribution is 6.10. The number of aliphatic imine (C=N–C) groups is 1. The lowest BCUT2D eigenvalue weighted by Gasteiger charge is -2.23. The molecule has 2 atom stereocenters. The molecule has 0 spiro atoms. The van der Waals surface area contributed by atoms with Gasteiger partial charge < -0.3 is 10.1 Å². The zero-order valence-corrected chi connectivity index (χ0v) is 11.8. The fourth-order valence-corrected chi connectivity index (χ4v) is 3.10. The van der Waals surface area contributed by atoms with Gasteiger partial charge in [-0.3, -0.25) is 9.79 Å². The van der Waals surface area contributed by atoms with Crippen LogP contribution in [0.15, 0.2) is 29.3 Å². The summed E-state index contributed by atoms with van der Waals surface area (Å²) in [5, 5.41) is 3.42. The van der Waals surface area contributed by atoms with Crippen molar-refractivity contribution in [2.24, 2.45) is 4.99 Å². The van der Waals surface area contributed by atoms with Crippen molar-refractivity contribution in [3.05, 3.63) is 29.8 Å². The Labute approximate surface area is 119 Å². The number of ketones is 1. The van der Waals surface area contributed by atoms with Gasteiger partial charge in [-0.15, -0.1) is 0 Å². The van der Waals surface area contributed by atoms with Crippen LogP contribution in [0.4, 0.5) is 0 Å². The normalized spacial score (nSPS) is 24.6. The fourth-order valence-electron chi connectivity index (χ4n) is 3.10. The minimum Gasteiger partial charge on any atom is -0.496 e. The van der Waals surface area contributed by atoms with Crippen molar-refractivity contribution in [2.75, 3.05) is 7.11 Å². The molecule has 0 amide bonds. The number of fused-ring (bicyclic) bond motifs is 1. The zero-order chi connectivity index (χ0) is 13.9. The molecule has 1 saturated carbocycles. The van der Waals surface area contributed by atoms with Crippen LogP contribution in [0.5, 0.6) is 5.75 Å². The van der Waals surface area contributed by atoms with Gasteiger partial charge in [-0.2, -0.15) is 0 Å². The Morgan fingerprint density at radius 2 is 2.15 bits per heavy atom. The third-order valence-corrected chi connectivity index (χ3v) is 4.14. The number of hydrogen-bond acceptors (Lipinski definition) is 4. The molecule has 1 heterocycles. The first-order chi connectivity index (χ1) is 9.78. The topological polar surface area (TPSA) is 50.7 Å².